The number of carbonyl (C=O) groups excluding carboxylic acids is 1. The first-order chi connectivity index (χ1) is 9.84. The number of alkyl halides is 3. The van der Waals surface area contributed by atoms with Crippen LogP contribution >= 0.6 is 15.9 Å². The standard InChI is InChI=1S/C14H18BrF3N2O/c1-2-6-20-12(11(15)8-19-20)13(21)9-4-3-5-10(7-9)14(16,17)18/h8-10H,2-7H2,1H3. The third kappa shape index (κ3) is 3.67. The third-order valence-corrected chi connectivity index (χ3v) is 4.55. The molecule has 1 saturated carbocycles. The Bertz CT molecular complexity index is 513. The molecule has 21 heavy (non-hydrogen) atoms. The molecule has 0 aromatic carbocycles. The first kappa shape index (κ1) is 16.5. The molecule has 1 aromatic heterocycles. The van der Waals surface area contributed by atoms with Crippen molar-refractivity contribution in [1.29, 1.82) is 0 Å². The summed E-state index contributed by atoms with van der Waals surface area (Å²) in [7, 11) is 0. The van der Waals surface area contributed by atoms with Crippen LogP contribution in [0.2, 0.25) is 0 Å². The van der Waals surface area contributed by atoms with E-state index in [0.717, 1.165) is 6.42 Å². The molecule has 0 bridgehead atoms. The lowest BCUT2D eigenvalue weighted by atomic mass is 9.78. The number of Topliss-reactive ketones (excluding diaryl/α,β-unsaturated/α-hetero) is 1. The Morgan fingerprint density at radius 2 is 2.19 bits per heavy atom. The first-order valence-corrected chi connectivity index (χ1v) is 7.96. The van der Waals surface area contributed by atoms with E-state index in [0.29, 0.717) is 29.6 Å². The summed E-state index contributed by atoms with van der Waals surface area (Å²) < 4.78 is 40.7. The van der Waals surface area contributed by atoms with Crippen molar-refractivity contribution in [2.24, 2.45) is 11.8 Å². The van der Waals surface area contributed by atoms with Crippen molar-refractivity contribution in [3.63, 3.8) is 0 Å². The van der Waals surface area contributed by atoms with Crippen LogP contribution in [-0.2, 0) is 6.54 Å². The van der Waals surface area contributed by atoms with Crippen molar-refractivity contribution in [2.75, 3.05) is 0 Å². The SMILES string of the molecule is CCCn1ncc(Br)c1C(=O)C1CCCC(C(F)(F)F)C1. The van der Waals surface area contributed by atoms with Crippen LogP contribution in [-0.4, -0.2) is 21.7 Å². The molecule has 1 aliphatic carbocycles. The van der Waals surface area contributed by atoms with Crippen LogP contribution in [0.25, 0.3) is 0 Å². The van der Waals surface area contributed by atoms with E-state index in [1.807, 2.05) is 6.92 Å². The molecule has 0 amide bonds. The summed E-state index contributed by atoms with van der Waals surface area (Å²) in [6, 6.07) is 0. The van der Waals surface area contributed by atoms with Gasteiger partial charge in [-0.15, -0.1) is 0 Å². The minimum Gasteiger partial charge on any atom is -0.292 e. The maximum atomic E-state index is 12.9. The van der Waals surface area contributed by atoms with E-state index in [1.165, 1.54) is 6.20 Å². The molecular formula is C14H18BrF3N2O. The van der Waals surface area contributed by atoms with E-state index in [2.05, 4.69) is 21.0 Å². The molecule has 2 unspecified atom stereocenters. The summed E-state index contributed by atoms with van der Waals surface area (Å²) in [6.07, 6.45) is -0.874. The van der Waals surface area contributed by atoms with Gasteiger partial charge in [0, 0.05) is 12.5 Å². The molecule has 0 N–H and O–H groups in total. The third-order valence-electron chi connectivity index (χ3n) is 3.97. The molecule has 0 saturated heterocycles. The minimum atomic E-state index is -4.21. The van der Waals surface area contributed by atoms with Crippen molar-refractivity contribution in [3.05, 3.63) is 16.4 Å². The van der Waals surface area contributed by atoms with E-state index in [4.69, 9.17) is 0 Å². The Hall–Kier alpha value is -0.850. The highest BCUT2D eigenvalue weighted by Gasteiger charge is 2.44. The van der Waals surface area contributed by atoms with Crippen LogP contribution in [0.15, 0.2) is 10.7 Å². The number of halogens is 4. The molecule has 0 spiro atoms. The summed E-state index contributed by atoms with van der Waals surface area (Å²) in [5, 5.41) is 4.12. The maximum absolute atomic E-state index is 12.9. The monoisotopic (exact) mass is 366 g/mol. The average Bonchev–Trinajstić information content (AvgIpc) is 2.79. The fourth-order valence-electron chi connectivity index (χ4n) is 2.91. The second-order valence-electron chi connectivity index (χ2n) is 5.53. The van der Waals surface area contributed by atoms with E-state index < -0.39 is 18.0 Å². The maximum Gasteiger partial charge on any atom is 0.391 e. The average molecular weight is 367 g/mol. The molecule has 0 radical (unpaired) electrons. The van der Waals surface area contributed by atoms with E-state index in [9.17, 15) is 18.0 Å². The second-order valence-corrected chi connectivity index (χ2v) is 6.38. The Morgan fingerprint density at radius 1 is 1.48 bits per heavy atom. The molecule has 2 rings (SSSR count). The van der Waals surface area contributed by atoms with Crippen LogP contribution < -0.4 is 0 Å². The number of hydrogen-bond donors (Lipinski definition) is 0. The summed E-state index contributed by atoms with van der Waals surface area (Å²) in [5.41, 5.74) is 0.407. The van der Waals surface area contributed by atoms with Crippen molar-refractivity contribution in [1.82, 2.24) is 9.78 Å². The predicted octanol–water partition coefficient (Wildman–Crippen LogP) is 4.61. The number of nitrogens with zero attached hydrogens (tertiary/aromatic N) is 2. The summed E-state index contributed by atoms with van der Waals surface area (Å²) in [5.74, 6) is -2.14. The molecular weight excluding hydrogens is 349 g/mol. The predicted molar refractivity (Wildman–Crippen MR) is 76.1 cm³/mol. The van der Waals surface area contributed by atoms with E-state index >= 15 is 0 Å². The zero-order valence-corrected chi connectivity index (χ0v) is 13.4. The van der Waals surface area contributed by atoms with Crippen molar-refractivity contribution < 1.29 is 18.0 Å². The van der Waals surface area contributed by atoms with Gasteiger partial charge in [-0.2, -0.15) is 18.3 Å². The highest BCUT2D eigenvalue weighted by atomic mass is 79.9. The van der Waals surface area contributed by atoms with Crippen molar-refractivity contribution >= 4 is 21.7 Å². The summed E-state index contributed by atoms with van der Waals surface area (Å²) >= 11 is 3.28. The van der Waals surface area contributed by atoms with Gasteiger partial charge < -0.3 is 0 Å². The van der Waals surface area contributed by atoms with Gasteiger partial charge in [0.25, 0.3) is 0 Å². The van der Waals surface area contributed by atoms with Crippen LogP contribution in [0.4, 0.5) is 13.2 Å². The van der Waals surface area contributed by atoms with E-state index in [-0.39, 0.29) is 18.6 Å². The second kappa shape index (κ2) is 6.50. The molecule has 3 nitrogen and oxygen atoms in total. The van der Waals surface area contributed by atoms with Gasteiger partial charge in [0.05, 0.1) is 16.6 Å². The molecule has 1 fully saturated rings. The van der Waals surface area contributed by atoms with E-state index in [1.54, 1.807) is 4.68 Å². The van der Waals surface area contributed by atoms with Gasteiger partial charge >= 0.3 is 6.18 Å². The normalized spacial score (nSPS) is 23.3. The number of hydrogen-bond acceptors (Lipinski definition) is 2. The zero-order chi connectivity index (χ0) is 15.6. The number of rotatable bonds is 4. The quantitative estimate of drug-likeness (QED) is 0.729. The van der Waals surface area contributed by atoms with Gasteiger partial charge in [0.15, 0.2) is 5.78 Å². The fourth-order valence-corrected chi connectivity index (χ4v) is 3.40. The van der Waals surface area contributed by atoms with Crippen LogP contribution in [0.1, 0.15) is 49.5 Å². The largest absolute Gasteiger partial charge is 0.391 e. The molecule has 0 aliphatic heterocycles. The molecule has 2 atom stereocenters. The molecule has 7 heteroatoms. The van der Waals surface area contributed by atoms with Crippen LogP contribution in [0.5, 0.6) is 0 Å². The van der Waals surface area contributed by atoms with Crippen LogP contribution in [0, 0.1) is 11.8 Å². The Balaban J connectivity index is 2.18. The van der Waals surface area contributed by atoms with Gasteiger partial charge in [-0.25, -0.2) is 0 Å². The van der Waals surface area contributed by atoms with Gasteiger partial charge in [-0.3, -0.25) is 9.48 Å². The fraction of sp³-hybridized carbons (Fsp3) is 0.714. The number of aryl methyl sites for hydroxylation is 1. The first-order valence-electron chi connectivity index (χ1n) is 7.16. The zero-order valence-electron chi connectivity index (χ0n) is 11.8. The number of ketones is 1. The van der Waals surface area contributed by atoms with Crippen LogP contribution in [0.3, 0.4) is 0 Å². The lowest BCUT2D eigenvalue weighted by Gasteiger charge is -2.29. The smallest absolute Gasteiger partial charge is 0.292 e. The Labute approximate surface area is 130 Å². The van der Waals surface area contributed by atoms with Gasteiger partial charge in [0.1, 0.15) is 5.69 Å². The number of carbonyl (C=O) groups is 1. The number of aromatic nitrogens is 2. The summed E-state index contributed by atoms with van der Waals surface area (Å²) in [6.45, 7) is 2.55. The van der Waals surface area contributed by atoms with Gasteiger partial charge in [0.2, 0.25) is 0 Å². The molecule has 1 aromatic rings. The highest BCUT2D eigenvalue weighted by Crippen LogP contribution is 2.41. The Morgan fingerprint density at radius 3 is 2.81 bits per heavy atom. The lowest BCUT2D eigenvalue weighted by molar-refractivity contribution is -0.184. The van der Waals surface area contributed by atoms with Crippen molar-refractivity contribution in [2.45, 2.75) is 51.7 Å². The lowest BCUT2D eigenvalue weighted by Crippen LogP contribution is -2.32. The minimum absolute atomic E-state index is 0.105. The van der Waals surface area contributed by atoms with Gasteiger partial charge in [-0.1, -0.05) is 13.3 Å². The molecule has 1 aliphatic rings. The topological polar surface area (TPSA) is 34.9 Å². The van der Waals surface area contributed by atoms with Gasteiger partial charge in [-0.05, 0) is 41.6 Å². The molecule has 118 valence electrons. The Kier molecular flexibility index (Phi) is 5.11. The van der Waals surface area contributed by atoms with Crippen molar-refractivity contribution in [3.8, 4) is 0 Å². The summed E-state index contributed by atoms with van der Waals surface area (Å²) in [4.78, 5) is 12.6. The highest BCUT2D eigenvalue weighted by molar-refractivity contribution is 9.10. The molecule has 1 heterocycles.